The Morgan fingerprint density at radius 3 is 2.50 bits per heavy atom. The lowest BCUT2D eigenvalue weighted by atomic mass is 10.1. The Kier molecular flexibility index (Phi) is 4.55. The summed E-state index contributed by atoms with van der Waals surface area (Å²) in [6.45, 7) is 1.38. The normalized spacial score (nSPS) is 10.1. The van der Waals surface area contributed by atoms with Crippen molar-refractivity contribution in [1.29, 1.82) is 0 Å². The molecule has 1 amide bonds. The van der Waals surface area contributed by atoms with Gasteiger partial charge in [0.25, 0.3) is 0 Å². The van der Waals surface area contributed by atoms with Crippen LogP contribution in [0.25, 0.3) is 10.8 Å². The number of hydrogen-bond donors (Lipinski definition) is 1. The number of carbonyl (C=O) groups excluding carboxylic acids is 2. The number of esters is 1. The van der Waals surface area contributed by atoms with Crippen molar-refractivity contribution in [3.8, 4) is 0 Å². The summed E-state index contributed by atoms with van der Waals surface area (Å²) in [6, 6.07) is 13.3. The summed E-state index contributed by atoms with van der Waals surface area (Å²) in [4.78, 5) is 22.2. The molecule has 2 aromatic rings. The highest BCUT2D eigenvalue weighted by Gasteiger charge is 2.06. The van der Waals surface area contributed by atoms with Gasteiger partial charge in [-0.1, -0.05) is 36.4 Å². The molecular weight excluding hydrogens is 258 g/mol. The van der Waals surface area contributed by atoms with Gasteiger partial charge in [-0.3, -0.25) is 10.1 Å². The van der Waals surface area contributed by atoms with E-state index in [2.05, 4.69) is 10.1 Å². The van der Waals surface area contributed by atoms with Crippen LogP contribution in [0.2, 0.25) is 0 Å². The molecule has 0 bridgehead atoms. The lowest BCUT2D eigenvalue weighted by Gasteiger charge is -2.09. The van der Waals surface area contributed by atoms with Gasteiger partial charge in [-0.05, 0) is 11.5 Å². The van der Waals surface area contributed by atoms with Crippen molar-refractivity contribution in [2.24, 2.45) is 0 Å². The Morgan fingerprint density at radius 2 is 1.70 bits per heavy atom. The van der Waals surface area contributed by atoms with Gasteiger partial charge in [-0.2, -0.15) is 0 Å². The number of hydrogen-bond acceptors (Lipinski definition) is 4. The molecule has 5 nitrogen and oxygen atoms in total. The second-order valence-electron chi connectivity index (χ2n) is 4.13. The Hall–Kier alpha value is -2.56. The predicted octanol–water partition coefficient (Wildman–Crippen LogP) is 2.95. The van der Waals surface area contributed by atoms with E-state index in [0.717, 1.165) is 10.8 Å². The first-order valence-corrected chi connectivity index (χ1v) is 6.22. The van der Waals surface area contributed by atoms with Crippen LogP contribution in [-0.4, -0.2) is 25.3 Å². The number of rotatable bonds is 4. The molecule has 0 heterocycles. The zero-order valence-electron chi connectivity index (χ0n) is 11.1. The quantitative estimate of drug-likeness (QED) is 0.687. The lowest BCUT2D eigenvalue weighted by molar-refractivity contribution is -0.141. The van der Waals surface area contributed by atoms with Crippen LogP contribution in [0.1, 0.15) is 6.92 Å². The number of benzene rings is 2. The Morgan fingerprint density at radius 1 is 1.00 bits per heavy atom. The first kappa shape index (κ1) is 13.9. The third-order valence-corrected chi connectivity index (χ3v) is 2.65. The summed E-state index contributed by atoms with van der Waals surface area (Å²) in [6.07, 6.45) is -0.575. The van der Waals surface area contributed by atoms with E-state index in [1.807, 2.05) is 36.4 Å². The number of anilines is 1. The van der Waals surface area contributed by atoms with Crippen LogP contribution in [-0.2, 0) is 14.3 Å². The average molecular weight is 273 g/mol. The molecule has 1 N–H and O–H groups in total. The maximum Gasteiger partial charge on any atom is 0.411 e. The fourth-order valence-electron chi connectivity index (χ4n) is 1.80. The van der Waals surface area contributed by atoms with Gasteiger partial charge in [0.15, 0.2) is 0 Å². The molecule has 0 saturated heterocycles. The first-order chi connectivity index (χ1) is 9.66. The topological polar surface area (TPSA) is 64.6 Å². The molecule has 0 spiro atoms. The van der Waals surface area contributed by atoms with Crippen LogP contribution >= 0.6 is 0 Å². The van der Waals surface area contributed by atoms with Crippen molar-refractivity contribution in [3.63, 3.8) is 0 Å². The van der Waals surface area contributed by atoms with Gasteiger partial charge in [0.1, 0.15) is 13.2 Å². The molecule has 0 unspecified atom stereocenters. The molecule has 20 heavy (non-hydrogen) atoms. The minimum atomic E-state index is -0.575. The molecule has 5 heteroatoms. The van der Waals surface area contributed by atoms with E-state index in [9.17, 15) is 9.59 Å². The monoisotopic (exact) mass is 273 g/mol. The number of carbonyl (C=O) groups is 2. The maximum atomic E-state index is 11.6. The van der Waals surface area contributed by atoms with Crippen LogP contribution in [0.3, 0.4) is 0 Å². The van der Waals surface area contributed by atoms with Gasteiger partial charge in [0, 0.05) is 12.3 Å². The summed E-state index contributed by atoms with van der Waals surface area (Å²) in [7, 11) is 0. The molecule has 0 aliphatic heterocycles. The SMILES string of the molecule is CC(=O)OCCOC(=O)Nc1cccc2ccccc12. The van der Waals surface area contributed by atoms with Gasteiger partial charge in [0.05, 0.1) is 5.69 Å². The van der Waals surface area contributed by atoms with E-state index in [4.69, 9.17) is 4.74 Å². The van der Waals surface area contributed by atoms with Crippen LogP contribution in [0.4, 0.5) is 10.5 Å². The molecule has 2 aromatic carbocycles. The molecule has 0 radical (unpaired) electrons. The van der Waals surface area contributed by atoms with Crippen molar-refractivity contribution < 1.29 is 19.1 Å². The fourth-order valence-corrected chi connectivity index (χ4v) is 1.80. The van der Waals surface area contributed by atoms with Gasteiger partial charge < -0.3 is 9.47 Å². The highest BCUT2D eigenvalue weighted by atomic mass is 16.6. The minimum Gasteiger partial charge on any atom is -0.462 e. The van der Waals surface area contributed by atoms with E-state index in [1.165, 1.54) is 6.92 Å². The highest BCUT2D eigenvalue weighted by molar-refractivity contribution is 6.00. The number of fused-ring (bicyclic) bond motifs is 1. The molecule has 104 valence electrons. The Labute approximate surface area is 116 Å². The van der Waals surface area contributed by atoms with Crippen molar-refractivity contribution in [3.05, 3.63) is 42.5 Å². The molecule has 0 aliphatic carbocycles. The number of amides is 1. The maximum absolute atomic E-state index is 11.6. The summed E-state index contributed by atoms with van der Waals surface area (Å²) >= 11 is 0. The average Bonchev–Trinajstić information content (AvgIpc) is 2.44. The minimum absolute atomic E-state index is 0.0240. The third kappa shape index (κ3) is 3.71. The standard InChI is InChI=1S/C15H15NO4/c1-11(17)19-9-10-20-15(18)16-14-8-4-6-12-5-2-3-7-13(12)14/h2-8H,9-10H2,1H3,(H,16,18). The molecule has 0 atom stereocenters. The number of ether oxygens (including phenoxy) is 2. The summed E-state index contributed by atoms with van der Waals surface area (Å²) in [5, 5.41) is 4.64. The molecule has 2 rings (SSSR count). The van der Waals surface area contributed by atoms with E-state index in [0.29, 0.717) is 5.69 Å². The van der Waals surface area contributed by atoms with Gasteiger partial charge in [0.2, 0.25) is 0 Å². The van der Waals surface area contributed by atoms with Crippen molar-refractivity contribution in [2.45, 2.75) is 6.92 Å². The molecule has 0 aromatic heterocycles. The predicted molar refractivity (Wildman–Crippen MR) is 75.6 cm³/mol. The second-order valence-corrected chi connectivity index (χ2v) is 4.13. The number of nitrogens with one attached hydrogen (secondary N) is 1. The largest absolute Gasteiger partial charge is 0.462 e. The lowest BCUT2D eigenvalue weighted by Crippen LogP contribution is -2.17. The van der Waals surface area contributed by atoms with E-state index in [1.54, 1.807) is 6.07 Å². The van der Waals surface area contributed by atoms with Crippen LogP contribution in [0.15, 0.2) is 42.5 Å². The first-order valence-electron chi connectivity index (χ1n) is 6.22. The van der Waals surface area contributed by atoms with Crippen LogP contribution in [0.5, 0.6) is 0 Å². The molecule has 0 saturated carbocycles. The smallest absolute Gasteiger partial charge is 0.411 e. The second kappa shape index (κ2) is 6.56. The molecule has 0 aliphatic rings. The molecule has 0 fully saturated rings. The Bertz CT molecular complexity index is 619. The summed E-state index contributed by atoms with van der Waals surface area (Å²) in [5.41, 5.74) is 0.681. The fraction of sp³-hybridized carbons (Fsp3) is 0.200. The van der Waals surface area contributed by atoms with Crippen molar-refractivity contribution in [1.82, 2.24) is 0 Å². The van der Waals surface area contributed by atoms with Gasteiger partial charge >= 0.3 is 12.1 Å². The van der Waals surface area contributed by atoms with Crippen molar-refractivity contribution >= 4 is 28.5 Å². The van der Waals surface area contributed by atoms with Crippen molar-refractivity contribution in [2.75, 3.05) is 18.5 Å². The Balaban J connectivity index is 1.94. The molecular formula is C15H15NO4. The van der Waals surface area contributed by atoms with Gasteiger partial charge in [-0.15, -0.1) is 0 Å². The highest BCUT2D eigenvalue weighted by Crippen LogP contribution is 2.22. The summed E-state index contributed by atoms with van der Waals surface area (Å²) in [5.74, 6) is -0.400. The van der Waals surface area contributed by atoms with E-state index in [-0.39, 0.29) is 13.2 Å². The third-order valence-electron chi connectivity index (χ3n) is 2.65. The van der Waals surface area contributed by atoms with Crippen LogP contribution in [0, 0.1) is 0 Å². The summed E-state index contributed by atoms with van der Waals surface area (Å²) < 4.78 is 9.59. The van der Waals surface area contributed by atoms with E-state index < -0.39 is 12.1 Å². The zero-order chi connectivity index (χ0) is 14.4. The van der Waals surface area contributed by atoms with E-state index >= 15 is 0 Å². The van der Waals surface area contributed by atoms with Crippen LogP contribution < -0.4 is 5.32 Å². The zero-order valence-corrected chi connectivity index (χ0v) is 11.1. The van der Waals surface area contributed by atoms with Gasteiger partial charge in [-0.25, -0.2) is 4.79 Å².